The maximum atomic E-state index is 4.57. The van der Waals surface area contributed by atoms with E-state index in [1.807, 2.05) is 6.20 Å². The lowest BCUT2D eigenvalue weighted by Crippen LogP contribution is -2.46. The normalized spacial score (nSPS) is 15.7. The Kier molecular flexibility index (Phi) is 4.89. The number of benzene rings is 2. The summed E-state index contributed by atoms with van der Waals surface area (Å²) in [6, 6.07) is 19.7. The Labute approximate surface area is 156 Å². The highest BCUT2D eigenvalue weighted by atomic mass is 15.3. The van der Waals surface area contributed by atoms with Gasteiger partial charge in [0.25, 0.3) is 0 Å². The maximum Gasteiger partial charge on any atom is 0.0722 e. The molecular formula is C23H27N3. The molecule has 3 aromatic rings. The van der Waals surface area contributed by atoms with Crippen molar-refractivity contribution in [2.75, 3.05) is 31.1 Å². The molecular weight excluding hydrogens is 318 g/mol. The van der Waals surface area contributed by atoms with Crippen LogP contribution in [-0.4, -0.2) is 36.1 Å². The summed E-state index contributed by atoms with van der Waals surface area (Å²) in [5.41, 5.74) is 5.21. The topological polar surface area (TPSA) is 19.4 Å². The van der Waals surface area contributed by atoms with Gasteiger partial charge in [0.05, 0.1) is 5.52 Å². The van der Waals surface area contributed by atoms with E-state index in [0.29, 0.717) is 5.92 Å². The summed E-state index contributed by atoms with van der Waals surface area (Å²) in [5, 5.41) is 1.29. The molecule has 3 nitrogen and oxygen atoms in total. The molecule has 3 heteroatoms. The molecule has 0 amide bonds. The van der Waals surface area contributed by atoms with Gasteiger partial charge >= 0.3 is 0 Å². The van der Waals surface area contributed by atoms with Crippen molar-refractivity contribution >= 4 is 16.6 Å². The standard InChI is InChI=1S/C23H27N3/c1-18(2)20-8-9-22-21(16-20)23(10-11-24-22)26-14-12-25(13-15-26)17-19-6-4-3-5-7-19/h3-11,16,18H,12-15,17H2,1-2H3. The highest BCUT2D eigenvalue weighted by Crippen LogP contribution is 2.29. The van der Waals surface area contributed by atoms with E-state index in [4.69, 9.17) is 0 Å². The van der Waals surface area contributed by atoms with Gasteiger partial charge in [-0.15, -0.1) is 0 Å². The molecule has 1 fully saturated rings. The molecule has 2 heterocycles. The number of piperazine rings is 1. The molecule has 4 rings (SSSR count). The van der Waals surface area contributed by atoms with Crippen LogP contribution in [0.3, 0.4) is 0 Å². The first-order chi connectivity index (χ1) is 12.7. The number of rotatable bonds is 4. The van der Waals surface area contributed by atoms with Crippen LogP contribution < -0.4 is 4.90 Å². The molecule has 2 aromatic carbocycles. The summed E-state index contributed by atoms with van der Waals surface area (Å²) in [6.45, 7) is 9.88. The minimum atomic E-state index is 0.537. The van der Waals surface area contributed by atoms with E-state index >= 15 is 0 Å². The van der Waals surface area contributed by atoms with Gasteiger partial charge in [-0.05, 0) is 35.2 Å². The van der Waals surface area contributed by atoms with Gasteiger partial charge < -0.3 is 4.90 Å². The zero-order valence-electron chi connectivity index (χ0n) is 15.7. The van der Waals surface area contributed by atoms with Gasteiger partial charge in [-0.1, -0.05) is 50.2 Å². The van der Waals surface area contributed by atoms with Gasteiger partial charge in [0.1, 0.15) is 0 Å². The van der Waals surface area contributed by atoms with Crippen LogP contribution in [0, 0.1) is 0 Å². The monoisotopic (exact) mass is 345 g/mol. The predicted octanol–water partition coefficient (Wildman–Crippen LogP) is 4.68. The minimum absolute atomic E-state index is 0.537. The Balaban J connectivity index is 1.51. The van der Waals surface area contributed by atoms with E-state index in [9.17, 15) is 0 Å². The molecule has 134 valence electrons. The van der Waals surface area contributed by atoms with Crippen LogP contribution in [0.1, 0.15) is 30.9 Å². The summed E-state index contributed by atoms with van der Waals surface area (Å²) in [6.07, 6.45) is 1.95. The van der Waals surface area contributed by atoms with Crippen LogP contribution in [0.2, 0.25) is 0 Å². The second-order valence-corrected chi connectivity index (χ2v) is 7.51. The molecule has 1 aliphatic heterocycles. The lowest BCUT2D eigenvalue weighted by atomic mass is 10.00. The third-order valence-electron chi connectivity index (χ3n) is 5.37. The first-order valence-electron chi connectivity index (χ1n) is 9.60. The summed E-state index contributed by atoms with van der Waals surface area (Å²) < 4.78 is 0. The zero-order valence-corrected chi connectivity index (χ0v) is 15.7. The minimum Gasteiger partial charge on any atom is -0.368 e. The second kappa shape index (κ2) is 7.46. The van der Waals surface area contributed by atoms with E-state index in [0.717, 1.165) is 38.2 Å². The van der Waals surface area contributed by atoms with E-state index in [1.54, 1.807) is 0 Å². The van der Waals surface area contributed by atoms with Gasteiger partial charge in [-0.3, -0.25) is 9.88 Å². The lowest BCUT2D eigenvalue weighted by Gasteiger charge is -2.36. The molecule has 0 saturated carbocycles. The Morgan fingerprint density at radius 2 is 1.69 bits per heavy atom. The van der Waals surface area contributed by atoms with Crippen LogP contribution in [-0.2, 0) is 6.54 Å². The quantitative estimate of drug-likeness (QED) is 0.684. The smallest absolute Gasteiger partial charge is 0.0722 e. The Bertz CT molecular complexity index is 865. The first-order valence-corrected chi connectivity index (χ1v) is 9.60. The van der Waals surface area contributed by atoms with Crippen molar-refractivity contribution in [1.82, 2.24) is 9.88 Å². The van der Waals surface area contributed by atoms with E-state index in [-0.39, 0.29) is 0 Å². The third kappa shape index (κ3) is 3.58. The predicted molar refractivity (Wildman–Crippen MR) is 110 cm³/mol. The number of nitrogens with zero attached hydrogens (tertiary/aromatic N) is 3. The molecule has 0 unspecified atom stereocenters. The summed E-state index contributed by atoms with van der Waals surface area (Å²) in [7, 11) is 0. The number of pyridine rings is 1. The van der Waals surface area contributed by atoms with Crippen LogP contribution in [0.15, 0.2) is 60.8 Å². The fourth-order valence-electron chi connectivity index (χ4n) is 3.77. The average Bonchev–Trinajstić information content (AvgIpc) is 2.68. The van der Waals surface area contributed by atoms with Crippen molar-refractivity contribution in [2.24, 2.45) is 0 Å². The average molecular weight is 345 g/mol. The molecule has 26 heavy (non-hydrogen) atoms. The largest absolute Gasteiger partial charge is 0.368 e. The van der Waals surface area contributed by atoms with Crippen LogP contribution in [0.5, 0.6) is 0 Å². The van der Waals surface area contributed by atoms with Gasteiger partial charge in [0.2, 0.25) is 0 Å². The molecule has 1 aromatic heterocycles. The number of anilines is 1. The molecule has 1 aliphatic rings. The first kappa shape index (κ1) is 17.0. The van der Waals surface area contributed by atoms with Crippen molar-refractivity contribution in [3.63, 3.8) is 0 Å². The van der Waals surface area contributed by atoms with Crippen molar-refractivity contribution in [3.05, 3.63) is 71.9 Å². The van der Waals surface area contributed by atoms with Crippen LogP contribution in [0.25, 0.3) is 10.9 Å². The van der Waals surface area contributed by atoms with Gasteiger partial charge in [0, 0.05) is 50.0 Å². The fraction of sp³-hybridized carbons (Fsp3) is 0.348. The summed E-state index contributed by atoms with van der Waals surface area (Å²) >= 11 is 0. The molecule has 0 radical (unpaired) electrons. The van der Waals surface area contributed by atoms with E-state index in [1.165, 1.54) is 22.2 Å². The summed E-state index contributed by atoms with van der Waals surface area (Å²) in [5.74, 6) is 0.537. The number of aromatic nitrogens is 1. The SMILES string of the molecule is CC(C)c1ccc2nccc(N3CCN(Cc4ccccc4)CC3)c2c1. The molecule has 0 atom stereocenters. The molecule has 0 aliphatic carbocycles. The van der Waals surface area contributed by atoms with Crippen molar-refractivity contribution in [2.45, 2.75) is 26.3 Å². The van der Waals surface area contributed by atoms with E-state index < -0.39 is 0 Å². The van der Waals surface area contributed by atoms with Gasteiger partial charge in [-0.2, -0.15) is 0 Å². The highest BCUT2D eigenvalue weighted by Gasteiger charge is 2.19. The molecule has 0 bridgehead atoms. The Hall–Kier alpha value is -2.39. The third-order valence-corrected chi connectivity index (χ3v) is 5.37. The van der Waals surface area contributed by atoms with E-state index in [2.05, 4.69) is 83.2 Å². The van der Waals surface area contributed by atoms with Gasteiger partial charge in [-0.25, -0.2) is 0 Å². The number of hydrogen-bond acceptors (Lipinski definition) is 3. The van der Waals surface area contributed by atoms with Gasteiger partial charge in [0.15, 0.2) is 0 Å². The molecule has 0 spiro atoms. The van der Waals surface area contributed by atoms with Crippen molar-refractivity contribution in [1.29, 1.82) is 0 Å². The summed E-state index contributed by atoms with van der Waals surface area (Å²) in [4.78, 5) is 9.64. The molecule has 0 N–H and O–H groups in total. The fourth-order valence-corrected chi connectivity index (χ4v) is 3.77. The van der Waals surface area contributed by atoms with Crippen molar-refractivity contribution < 1.29 is 0 Å². The van der Waals surface area contributed by atoms with Crippen LogP contribution in [0.4, 0.5) is 5.69 Å². The van der Waals surface area contributed by atoms with Crippen molar-refractivity contribution in [3.8, 4) is 0 Å². The molecule has 1 saturated heterocycles. The Morgan fingerprint density at radius 3 is 2.42 bits per heavy atom. The highest BCUT2D eigenvalue weighted by molar-refractivity contribution is 5.92. The van der Waals surface area contributed by atoms with Crippen LogP contribution >= 0.6 is 0 Å². The maximum absolute atomic E-state index is 4.57. The Morgan fingerprint density at radius 1 is 0.923 bits per heavy atom. The lowest BCUT2D eigenvalue weighted by molar-refractivity contribution is 0.250. The number of hydrogen-bond donors (Lipinski definition) is 0. The second-order valence-electron chi connectivity index (χ2n) is 7.51. The number of fused-ring (bicyclic) bond motifs is 1. The zero-order chi connectivity index (χ0) is 17.9.